The van der Waals surface area contributed by atoms with Crippen molar-refractivity contribution in [1.29, 1.82) is 5.26 Å². The maximum absolute atomic E-state index is 9.02. The third-order valence-corrected chi connectivity index (χ3v) is 3.06. The van der Waals surface area contributed by atoms with Crippen molar-refractivity contribution >= 4 is 0 Å². The number of nitrogens with one attached hydrogen (secondary N) is 1. The molecule has 1 rings (SSSR count). The summed E-state index contributed by atoms with van der Waals surface area (Å²) in [7, 11) is 3.27. The van der Waals surface area contributed by atoms with Crippen LogP contribution in [0.5, 0.6) is 11.5 Å². The first-order valence-electron chi connectivity index (χ1n) is 6.30. The number of rotatable bonds is 6. The van der Waals surface area contributed by atoms with Gasteiger partial charge in [-0.3, -0.25) is 0 Å². The predicted molar refractivity (Wildman–Crippen MR) is 75.4 cm³/mol. The molecule has 0 saturated heterocycles. The molecule has 0 aliphatic rings. The fraction of sp³-hybridized carbons (Fsp3) is 0.533. The van der Waals surface area contributed by atoms with E-state index in [2.05, 4.69) is 18.3 Å². The molecule has 4 nitrogen and oxygen atoms in total. The topological polar surface area (TPSA) is 54.3 Å². The molecule has 0 heterocycles. The number of hydrogen-bond acceptors (Lipinski definition) is 4. The first-order valence-corrected chi connectivity index (χ1v) is 6.30. The van der Waals surface area contributed by atoms with E-state index in [4.69, 9.17) is 14.7 Å². The van der Waals surface area contributed by atoms with Gasteiger partial charge in [0.25, 0.3) is 0 Å². The molecule has 1 atom stereocenters. The van der Waals surface area contributed by atoms with Crippen molar-refractivity contribution in [3.63, 3.8) is 0 Å². The molecule has 0 aliphatic heterocycles. The quantitative estimate of drug-likeness (QED) is 0.856. The fourth-order valence-electron chi connectivity index (χ4n) is 1.73. The van der Waals surface area contributed by atoms with Crippen LogP contribution in [0.3, 0.4) is 0 Å². The molecule has 0 bridgehead atoms. The van der Waals surface area contributed by atoms with Crippen LogP contribution in [0, 0.1) is 16.7 Å². The smallest absolute Gasteiger partial charge is 0.127 e. The summed E-state index contributed by atoms with van der Waals surface area (Å²) in [4.78, 5) is 0. The lowest BCUT2D eigenvalue weighted by molar-refractivity contribution is 0.377. The Morgan fingerprint density at radius 3 is 2.53 bits per heavy atom. The number of methoxy groups -OCH3 is 2. The van der Waals surface area contributed by atoms with Crippen molar-refractivity contribution in [2.45, 2.75) is 26.8 Å². The maximum Gasteiger partial charge on any atom is 0.127 e. The molecule has 1 aromatic rings. The molecule has 0 saturated carbocycles. The molecule has 19 heavy (non-hydrogen) atoms. The summed E-state index contributed by atoms with van der Waals surface area (Å²) < 4.78 is 10.6. The summed E-state index contributed by atoms with van der Waals surface area (Å²) in [5.41, 5.74) is 0.672. The van der Waals surface area contributed by atoms with Gasteiger partial charge in [-0.25, -0.2) is 0 Å². The van der Waals surface area contributed by atoms with Crippen molar-refractivity contribution in [1.82, 2.24) is 5.32 Å². The minimum Gasteiger partial charge on any atom is -0.497 e. The minimum absolute atomic E-state index is 0.105. The fourth-order valence-corrected chi connectivity index (χ4v) is 1.73. The Morgan fingerprint density at radius 1 is 1.32 bits per heavy atom. The molecule has 1 aromatic carbocycles. The molecule has 1 unspecified atom stereocenters. The molecular formula is C15H22N2O2. The van der Waals surface area contributed by atoms with Crippen LogP contribution in [0.15, 0.2) is 18.2 Å². The minimum atomic E-state index is -0.381. The predicted octanol–water partition coefficient (Wildman–Crippen LogP) is 2.90. The zero-order chi connectivity index (χ0) is 14.5. The van der Waals surface area contributed by atoms with E-state index in [1.165, 1.54) is 0 Å². The van der Waals surface area contributed by atoms with Gasteiger partial charge < -0.3 is 14.8 Å². The molecule has 0 radical (unpaired) electrons. The molecule has 0 aromatic heterocycles. The van der Waals surface area contributed by atoms with E-state index in [1.54, 1.807) is 14.2 Å². The van der Waals surface area contributed by atoms with Crippen molar-refractivity contribution in [2.75, 3.05) is 20.8 Å². The molecule has 0 aliphatic carbocycles. The average Bonchev–Trinajstić information content (AvgIpc) is 2.44. The molecule has 0 amide bonds. The Balaban J connectivity index is 2.82. The summed E-state index contributed by atoms with van der Waals surface area (Å²) in [6.07, 6.45) is 0. The highest BCUT2D eigenvalue weighted by atomic mass is 16.5. The van der Waals surface area contributed by atoms with Gasteiger partial charge in [0.1, 0.15) is 11.5 Å². The Bertz CT molecular complexity index is 464. The number of nitrogens with zero attached hydrogens (tertiary/aromatic N) is 1. The van der Waals surface area contributed by atoms with Gasteiger partial charge in [-0.05, 0) is 26.8 Å². The van der Waals surface area contributed by atoms with Gasteiger partial charge >= 0.3 is 0 Å². The van der Waals surface area contributed by atoms with Gasteiger partial charge in [0.2, 0.25) is 0 Å². The first-order chi connectivity index (χ1) is 8.93. The highest BCUT2D eigenvalue weighted by molar-refractivity contribution is 5.42. The monoisotopic (exact) mass is 262 g/mol. The largest absolute Gasteiger partial charge is 0.497 e. The molecule has 0 fully saturated rings. The van der Waals surface area contributed by atoms with Crippen LogP contribution in [-0.2, 0) is 0 Å². The summed E-state index contributed by atoms with van der Waals surface area (Å²) in [5, 5.41) is 12.4. The van der Waals surface area contributed by atoms with E-state index in [0.717, 1.165) is 17.1 Å². The molecule has 0 spiro atoms. The SMILES string of the molecule is COc1ccc(C(C)NCC(C)(C)C#N)c(OC)c1. The van der Waals surface area contributed by atoms with Crippen molar-refractivity contribution in [2.24, 2.45) is 5.41 Å². The number of hydrogen-bond donors (Lipinski definition) is 1. The molecule has 1 N–H and O–H groups in total. The van der Waals surface area contributed by atoms with Crippen LogP contribution in [0.1, 0.15) is 32.4 Å². The molecule has 104 valence electrons. The van der Waals surface area contributed by atoms with Crippen molar-refractivity contribution in [3.8, 4) is 17.6 Å². The van der Waals surface area contributed by atoms with Gasteiger partial charge in [-0.15, -0.1) is 0 Å². The maximum atomic E-state index is 9.02. The van der Waals surface area contributed by atoms with Crippen LogP contribution >= 0.6 is 0 Å². The molecular weight excluding hydrogens is 240 g/mol. The first kappa shape index (κ1) is 15.3. The summed E-state index contributed by atoms with van der Waals surface area (Å²) in [5.74, 6) is 1.55. The van der Waals surface area contributed by atoms with Crippen LogP contribution in [0.4, 0.5) is 0 Å². The lowest BCUT2D eigenvalue weighted by Gasteiger charge is -2.22. The lowest BCUT2D eigenvalue weighted by Crippen LogP contribution is -2.30. The van der Waals surface area contributed by atoms with Crippen LogP contribution in [0.25, 0.3) is 0 Å². The van der Waals surface area contributed by atoms with E-state index in [1.807, 2.05) is 32.0 Å². The standard InChI is InChI=1S/C15H22N2O2/c1-11(17-10-15(2,3)9-16)13-7-6-12(18-4)8-14(13)19-5/h6-8,11,17H,10H2,1-5H3. The second-order valence-corrected chi connectivity index (χ2v) is 5.21. The summed E-state index contributed by atoms with van der Waals surface area (Å²) >= 11 is 0. The zero-order valence-electron chi connectivity index (χ0n) is 12.3. The van der Waals surface area contributed by atoms with E-state index < -0.39 is 0 Å². The zero-order valence-corrected chi connectivity index (χ0v) is 12.3. The van der Waals surface area contributed by atoms with E-state index >= 15 is 0 Å². The number of benzene rings is 1. The summed E-state index contributed by atoms with van der Waals surface area (Å²) in [6.45, 7) is 6.51. The van der Waals surface area contributed by atoms with Crippen LogP contribution in [0.2, 0.25) is 0 Å². The van der Waals surface area contributed by atoms with Crippen molar-refractivity contribution < 1.29 is 9.47 Å². The Morgan fingerprint density at radius 2 is 2.00 bits per heavy atom. The number of ether oxygens (including phenoxy) is 2. The second-order valence-electron chi connectivity index (χ2n) is 5.21. The van der Waals surface area contributed by atoms with Crippen LogP contribution in [-0.4, -0.2) is 20.8 Å². The molecule has 4 heteroatoms. The highest BCUT2D eigenvalue weighted by Gasteiger charge is 2.19. The highest BCUT2D eigenvalue weighted by Crippen LogP contribution is 2.29. The third-order valence-electron chi connectivity index (χ3n) is 3.06. The van der Waals surface area contributed by atoms with Gasteiger partial charge in [0.05, 0.1) is 25.7 Å². The van der Waals surface area contributed by atoms with Gasteiger partial charge in [-0.1, -0.05) is 6.07 Å². The Kier molecular flexibility index (Phi) is 5.20. The number of nitriles is 1. The second kappa shape index (κ2) is 6.44. The Labute approximate surface area is 115 Å². The van der Waals surface area contributed by atoms with Crippen molar-refractivity contribution in [3.05, 3.63) is 23.8 Å². The van der Waals surface area contributed by atoms with E-state index in [9.17, 15) is 0 Å². The van der Waals surface area contributed by atoms with Gasteiger partial charge in [0, 0.05) is 24.2 Å². The van der Waals surface area contributed by atoms with Gasteiger partial charge in [-0.2, -0.15) is 5.26 Å². The van der Waals surface area contributed by atoms with E-state index in [0.29, 0.717) is 6.54 Å². The third kappa shape index (κ3) is 4.15. The summed E-state index contributed by atoms with van der Waals surface area (Å²) in [6, 6.07) is 8.14. The van der Waals surface area contributed by atoms with Crippen LogP contribution < -0.4 is 14.8 Å². The lowest BCUT2D eigenvalue weighted by atomic mass is 9.95. The normalized spacial score (nSPS) is 12.6. The average molecular weight is 262 g/mol. The Hall–Kier alpha value is -1.73. The van der Waals surface area contributed by atoms with Gasteiger partial charge in [0.15, 0.2) is 0 Å². The van der Waals surface area contributed by atoms with E-state index in [-0.39, 0.29) is 11.5 Å².